The van der Waals surface area contributed by atoms with Gasteiger partial charge in [0.25, 0.3) is 11.7 Å². The normalized spacial score (nSPS) is 11.0. The predicted octanol–water partition coefficient (Wildman–Crippen LogP) is 4.70. The molecule has 6 nitrogen and oxygen atoms in total. The largest absolute Gasteiger partial charge is 0.364 e. The van der Waals surface area contributed by atoms with Crippen LogP contribution in [-0.2, 0) is 9.47 Å². The minimum absolute atomic E-state index is 0.0979. The molecule has 0 spiro atoms. The molecule has 0 N–H and O–H groups in total. The van der Waals surface area contributed by atoms with Crippen molar-refractivity contribution in [1.82, 2.24) is 4.90 Å². The molecule has 0 atom stereocenters. The zero-order valence-corrected chi connectivity index (χ0v) is 17.1. The van der Waals surface area contributed by atoms with Crippen LogP contribution in [0, 0.1) is 17.5 Å². The molecule has 0 fully saturated rings. The van der Waals surface area contributed by atoms with Crippen LogP contribution in [0.1, 0.15) is 10.4 Å². The van der Waals surface area contributed by atoms with Crippen molar-refractivity contribution < 1.29 is 41.0 Å². The molecule has 2 aromatic rings. The van der Waals surface area contributed by atoms with Crippen molar-refractivity contribution in [2.45, 2.75) is 10.7 Å². The number of nitrogens with zero attached hydrogens (tertiary/aromatic N) is 2. The molecule has 0 unspecified atom stereocenters. The van der Waals surface area contributed by atoms with Crippen molar-refractivity contribution >= 4 is 29.4 Å². The molecule has 0 aliphatic rings. The number of alkyl halides is 2. The molecule has 0 bridgehead atoms. The van der Waals surface area contributed by atoms with E-state index in [0.29, 0.717) is 9.80 Å². The lowest BCUT2D eigenvalue weighted by Crippen LogP contribution is -2.48. The van der Waals surface area contributed by atoms with Gasteiger partial charge in [-0.3, -0.25) is 9.69 Å². The Kier molecular flexibility index (Phi) is 8.77. The first kappa shape index (κ1) is 24.6. The van der Waals surface area contributed by atoms with Crippen molar-refractivity contribution in [3.05, 3.63) is 59.4 Å². The van der Waals surface area contributed by atoms with Crippen LogP contribution in [-0.4, -0.2) is 50.3 Å². The van der Waals surface area contributed by atoms with Gasteiger partial charge < -0.3 is 9.47 Å². The number of urea groups is 1. The van der Waals surface area contributed by atoms with Crippen LogP contribution in [0.5, 0.6) is 0 Å². The van der Waals surface area contributed by atoms with Gasteiger partial charge in [0.2, 0.25) is 0 Å². The van der Waals surface area contributed by atoms with E-state index < -0.39 is 59.9 Å². The number of ether oxygens (including phenoxy) is 2. The van der Waals surface area contributed by atoms with Gasteiger partial charge in [0.1, 0.15) is 36.5 Å². The van der Waals surface area contributed by atoms with Crippen LogP contribution < -0.4 is 4.90 Å². The van der Waals surface area contributed by atoms with E-state index in [1.165, 1.54) is 7.11 Å². The molecule has 2 aromatic carbocycles. The summed E-state index contributed by atoms with van der Waals surface area (Å²) in [6.45, 7) is -1.28. The molecule has 3 amide bonds. The van der Waals surface area contributed by atoms with E-state index in [0.717, 1.165) is 43.5 Å². The van der Waals surface area contributed by atoms with Crippen LogP contribution in [0.3, 0.4) is 0 Å². The number of carbonyl (C=O) groups excluding carboxylic acids is 2. The zero-order chi connectivity index (χ0) is 23.1. The second kappa shape index (κ2) is 11.1. The van der Waals surface area contributed by atoms with Crippen molar-refractivity contribution in [1.29, 1.82) is 0 Å². The number of imide groups is 1. The van der Waals surface area contributed by atoms with Gasteiger partial charge in [0.05, 0.1) is 5.69 Å². The number of thioether (sulfide) groups is 1. The molecule has 168 valence electrons. The number of rotatable bonds is 8. The Labute approximate surface area is 178 Å². The molecular weight excluding hydrogens is 447 g/mol. The van der Waals surface area contributed by atoms with Gasteiger partial charge in [-0.1, -0.05) is 17.8 Å². The SMILES string of the molecule is COCN(C(=O)c1c(F)cccc1F)C(=O)N(COC)c1ccc(SC(F)F)cc1F. The molecular formula is C19H17F5N2O4S. The Morgan fingerprint density at radius 2 is 1.58 bits per heavy atom. The number of hydrogen-bond donors (Lipinski definition) is 0. The Bertz CT molecular complexity index is 927. The van der Waals surface area contributed by atoms with Crippen molar-refractivity contribution in [2.75, 3.05) is 32.6 Å². The number of halogens is 5. The fourth-order valence-corrected chi connectivity index (χ4v) is 3.08. The minimum Gasteiger partial charge on any atom is -0.364 e. The highest BCUT2D eigenvalue weighted by Gasteiger charge is 2.32. The monoisotopic (exact) mass is 464 g/mol. The Hall–Kier alpha value is -2.70. The Morgan fingerprint density at radius 3 is 2.10 bits per heavy atom. The second-order valence-electron chi connectivity index (χ2n) is 5.87. The lowest BCUT2D eigenvalue weighted by atomic mass is 10.1. The van der Waals surface area contributed by atoms with Gasteiger partial charge in [-0.15, -0.1) is 0 Å². The quantitative estimate of drug-likeness (QED) is 0.322. The fourth-order valence-electron chi connectivity index (χ4n) is 2.55. The summed E-state index contributed by atoms with van der Waals surface area (Å²) in [5.74, 6) is -7.63. The molecule has 0 radical (unpaired) electrons. The maximum absolute atomic E-state index is 14.6. The predicted molar refractivity (Wildman–Crippen MR) is 102 cm³/mol. The van der Waals surface area contributed by atoms with Gasteiger partial charge in [0.15, 0.2) is 0 Å². The van der Waals surface area contributed by atoms with E-state index in [-0.39, 0.29) is 16.7 Å². The fraction of sp³-hybridized carbons (Fsp3) is 0.263. The number of carbonyl (C=O) groups is 2. The standard InChI is InChI=1S/C19H17F5N2O4S/c1-29-9-25(15-7-6-11(8-14(15)22)31-18(23)24)19(28)26(10-30-2)17(27)16-12(20)4-3-5-13(16)21/h3-8,18H,9-10H2,1-2H3. The molecule has 0 saturated heterocycles. The van der Waals surface area contributed by atoms with Gasteiger partial charge in [0, 0.05) is 19.1 Å². The average Bonchev–Trinajstić information content (AvgIpc) is 2.69. The molecule has 0 aliphatic heterocycles. The summed E-state index contributed by atoms with van der Waals surface area (Å²) in [4.78, 5) is 26.6. The number of benzene rings is 2. The highest BCUT2D eigenvalue weighted by Crippen LogP contribution is 2.30. The van der Waals surface area contributed by atoms with Crippen LogP contribution >= 0.6 is 11.8 Å². The molecule has 0 aliphatic carbocycles. The molecule has 0 aromatic heterocycles. The maximum Gasteiger partial charge on any atom is 0.335 e. The highest BCUT2D eigenvalue weighted by atomic mass is 32.2. The summed E-state index contributed by atoms with van der Waals surface area (Å²) in [7, 11) is 2.31. The number of hydrogen-bond acceptors (Lipinski definition) is 5. The average molecular weight is 464 g/mol. The summed E-state index contributed by atoms with van der Waals surface area (Å²) in [6.07, 6.45) is 0. The van der Waals surface area contributed by atoms with E-state index in [4.69, 9.17) is 9.47 Å². The third-order valence-electron chi connectivity index (χ3n) is 3.84. The van der Waals surface area contributed by atoms with Crippen molar-refractivity contribution in [3.63, 3.8) is 0 Å². The topological polar surface area (TPSA) is 59.1 Å². The van der Waals surface area contributed by atoms with Gasteiger partial charge in [-0.05, 0) is 30.3 Å². The molecule has 2 rings (SSSR count). The first-order valence-corrected chi connectivity index (χ1v) is 9.38. The Morgan fingerprint density at radius 1 is 0.968 bits per heavy atom. The molecule has 0 saturated carbocycles. The molecule has 31 heavy (non-hydrogen) atoms. The lowest BCUT2D eigenvalue weighted by molar-refractivity contribution is 0.0525. The summed E-state index contributed by atoms with van der Waals surface area (Å²) >= 11 is 0.0987. The molecule has 12 heteroatoms. The third-order valence-corrected chi connectivity index (χ3v) is 4.54. The summed E-state index contributed by atoms with van der Waals surface area (Å²) in [5, 5.41) is 0. The lowest BCUT2D eigenvalue weighted by Gasteiger charge is -2.29. The molecule has 0 heterocycles. The van der Waals surface area contributed by atoms with Crippen LogP contribution in [0.2, 0.25) is 0 Å². The summed E-state index contributed by atoms with van der Waals surface area (Å²) in [5.41, 5.74) is -1.41. The van der Waals surface area contributed by atoms with E-state index in [2.05, 4.69) is 0 Å². The van der Waals surface area contributed by atoms with Crippen molar-refractivity contribution in [3.8, 4) is 0 Å². The number of methoxy groups -OCH3 is 2. The zero-order valence-electron chi connectivity index (χ0n) is 16.3. The summed E-state index contributed by atoms with van der Waals surface area (Å²) < 4.78 is 77.3. The van der Waals surface area contributed by atoms with E-state index in [1.54, 1.807) is 0 Å². The first-order valence-electron chi connectivity index (χ1n) is 8.50. The third kappa shape index (κ3) is 5.93. The van der Waals surface area contributed by atoms with Crippen LogP contribution in [0.4, 0.5) is 32.4 Å². The van der Waals surface area contributed by atoms with Crippen molar-refractivity contribution in [2.24, 2.45) is 0 Å². The number of amides is 3. The van der Waals surface area contributed by atoms with Crippen LogP contribution in [0.25, 0.3) is 0 Å². The summed E-state index contributed by atoms with van der Waals surface area (Å²) in [6, 6.07) is 4.44. The maximum atomic E-state index is 14.6. The smallest absolute Gasteiger partial charge is 0.335 e. The van der Waals surface area contributed by atoms with Gasteiger partial charge in [-0.25, -0.2) is 22.9 Å². The second-order valence-corrected chi connectivity index (χ2v) is 6.93. The van der Waals surface area contributed by atoms with E-state index >= 15 is 0 Å². The van der Waals surface area contributed by atoms with Crippen LogP contribution in [0.15, 0.2) is 41.3 Å². The Balaban J connectivity index is 2.44. The van der Waals surface area contributed by atoms with E-state index in [1.807, 2.05) is 0 Å². The number of anilines is 1. The first-order chi connectivity index (χ1) is 14.7. The highest BCUT2D eigenvalue weighted by molar-refractivity contribution is 7.99. The van der Waals surface area contributed by atoms with Gasteiger partial charge in [-0.2, -0.15) is 8.78 Å². The van der Waals surface area contributed by atoms with Gasteiger partial charge >= 0.3 is 6.03 Å². The minimum atomic E-state index is -2.78. The van der Waals surface area contributed by atoms with E-state index in [9.17, 15) is 31.5 Å².